The summed E-state index contributed by atoms with van der Waals surface area (Å²) in [6.45, 7) is 2.96. The molecule has 0 bridgehead atoms. The van der Waals surface area contributed by atoms with Gasteiger partial charge in [0.25, 0.3) is 0 Å². The molecule has 0 saturated carbocycles. The maximum Gasteiger partial charge on any atom is 0.303 e. The Bertz CT molecular complexity index is 2350. The summed E-state index contributed by atoms with van der Waals surface area (Å²) >= 11 is 0. The lowest BCUT2D eigenvalue weighted by Gasteiger charge is -2.49. The third kappa shape index (κ3) is 14.7. The number of carbonyl (C=O) groups excluding carboxylic acids is 1. The highest BCUT2D eigenvalue weighted by molar-refractivity contribution is 5.66. The topological polar surface area (TPSA) is 119 Å². The minimum absolute atomic E-state index is 0.0708. The van der Waals surface area contributed by atoms with Gasteiger partial charge in [-0.25, -0.2) is 0 Å². The lowest BCUT2D eigenvalue weighted by molar-refractivity contribution is -0.372. The Morgan fingerprint density at radius 2 is 0.710 bits per heavy atom. The molecule has 2 saturated heterocycles. The van der Waals surface area contributed by atoms with Gasteiger partial charge in [-0.1, -0.05) is 182 Å². The summed E-state index contributed by atoms with van der Waals surface area (Å²) in [6, 6.07) is 59.2. The first-order valence-electron chi connectivity index (χ1n) is 23.5. The van der Waals surface area contributed by atoms with Crippen molar-refractivity contribution in [1.29, 1.82) is 0 Å². The second kappa shape index (κ2) is 26.4. The second-order valence-electron chi connectivity index (χ2n) is 17.0. The number of rotatable bonds is 24. The fourth-order valence-electron chi connectivity index (χ4n) is 8.52. The molecule has 10 atom stereocenters. The van der Waals surface area contributed by atoms with Crippen molar-refractivity contribution in [1.82, 2.24) is 0 Å². The third-order valence-corrected chi connectivity index (χ3v) is 11.9. The van der Waals surface area contributed by atoms with Crippen LogP contribution >= 0.6 is 0 Å². The Morgan fingerprint density at radius 1 is 0.391 bits per heavy atom. The fraction of sp³-hybridized carbons (Fsp3) is 0.351. The van der Waals surface area contributed by atoms with Crippen molar-refractivity contribution in [3.05, 3.63) is 215 Å². The van der Waals surface area contributed by atoms with E-state index in [1.807, 2.05) is 182 Å². The molecule has 4 unspecified atom stereocenters. The van der Waals surface area contributed by atoms with Crippen molar-refractivity contribution in [2.75, 3.05) is 20.3 Å². The van der Waals surface area contributed by atoms with Gasteiger partial charge in [-0.05, 0) is 33.4 Å². The monoisotopic (exact) mass is 938 g/mol. The molecule has 0 radical (unpaired) electrons. The van der Waals surface area contributed by atoms with E-state index in [1.54, 1.807) is 7.11 Å². The molecule has 362 valence electrons. The zero-order chi connectivity index (χ0) is 47.5. The van der Waals surface area contributed by atoms with Crippen molar-refractivity contribution in [3.63, 3.8) is 0 Å². The van der Waals surface area contributed by atoms with Gasteiger partial charge >= 0.3 is 5.97 Å². The highest BCUT2D eigenvalue weighted by Gasteiger charge is 2.55. The molecule has 0 N–H and O–H groups in total. The maximum absolute atomic E-state index is 13.3. The molecule has 12 nitrogen and oxygen atoms in total. The van der Waals surface area contributed by atoms with Crippen LogP contribution in [0, 0.1) is 0 Å². The van der Waals surface area contributed by atoms with E-state index in [0.717, 1.165) is 33.4 Å². The highest BCUT2D eigenvalue weighted by atomic mass is 16.8. The normalized spacial score (nSPS) is 24.7. The largest absolute Gasteiger partial charge is 0.454 e. The molecule has 0 spiro atoms. The van der Waals surface area contributed by atoms with E-state index < -0.39 is 67.4 Å². The molecule has 0 amide bonds. The second-order valence-corrected chi connectivity index (χ2v) is 17.0. The third-order valence-electron chi connectivity index (χ3n) is 11.9. The van der Waals surface area contributed by atoms with Crippen LogP contribution in [0.25, 0.3) is 0 Å². The molecule has 0 aliphatic carbocycles. The van der Waals surface area contributed by atoms with E-state index in [2.05, 4.69) is 0 Å². The zero-order valence-electron chi connectivity index (χ0n) is 39.1. The van der Waals surface area contributed by atoms with E-state index in [4.69, 9.17) is 52.1 Å². The van der Waals surface area contributed by atoms with E-state index in [9.17, 15) is 4.79 Å². The molecule has 2 fully saturated rings. The smallest absolute Gasteiger partial charge is 0.303 e. The first kappa shape index (κ1) is 49.8. The lowest BCUT2D eigenvalue weighted by atomic mass is 9.95. The molecular weight excluding hydrogens is 877 g/mol. The predicted molar refractivity (Wildman–Crippen MR) is 257 cm³/mol. The predicted octanol–water partition coefficient (Wildman–Crippen LogP) is 9.17. The molecular formula is C57H62O12. The van der Waals surface area contributed by atoms with E-state index in [0.29, 0.717) is 13.2 Å². The number of hydrogen-bond acceptors (Lipinski definition) is 12. The van der Waals surface area contributed by atoms with E-state index >= 15 is 0 Å². The number of hydrogen-bond donors (Lipinski definition) is 0. The number of carbonyl (C=O) groups is 1. The van der Waals surface area contributed by atoms with Crippen LogP contribution in [0.15, 0.2) is 182 Å². The van der Waals surface area contributed by atoms with Crippen molar-refractivity contribution in [3.8, 4) is 0 Å². The van der Waals surface area contributed by atoms with Crippen LogP contribution in [0.1, 0.15) is 40.3 Å². The van der Waals surface area contributed by atoms with Gasteiger partial charge < -0.3 is 52.1 Å². The SMILES string of the molecule is CO[C@H]1OC(COCc2ccccc2)[C@H](O[C@@H]2OC(COCc3ccccc3)[C@@H](OCc3ccccc3)[C@H](OCc3ccccc3)C2OC(C)=O)[C@H](OCc2ccccc2)C1OCc1ccccc1. The van der Waals surface area contributed by atoms with Crippen LogP contribution in [-0.2, 0) is 96.5 Å². The van der Waals surface area contributed by atoms with Gasteiger partial charge in [-0.15, -0.1) is 0 Å². The van der Waals surface area contributed by atoms with Crippen molar-refractivity contribution < 1.29 is 56.9 Å². The maximum atomic E-state index is 13.3. The molecule has 6 aromatic rings. The molecule has 6 aromatic carbocycles. The first-order valence-corrected chi connectivity index (χ1v) is 23.5. The van der Waals surface area contributed by atoms with Gasteiger partial charge in [-0.3, -0.25) is 4.79 Å². The summed E-state index contributed by atoms with van der Waals surface area (Å²) < 4.78 is 73.6. The molecule has 8 rings (SSSR count). The Morgan fingerprint density at radius 3 is 1.09 bits per heavy atom. The summed E-state index contributed by atoms with van der Waals surface area (Å²) in [5.41, 5.74) is 5.71. The number of methoxy groups -OCH3 is 1. The van der Waals surface area contributed by atoms with Crippen LogP contribution in [0.5, 0.6) is 0 Å². The van der Waals surface area contributed by atoms with Gasteiger partial charge in [0.1, 0.15) is 42.7 Å². The summed E-state index contributed by atoms with van der Waals surface area (Å²) in [6.07, 6.45) is -9.24. The van der Waals surface area contributed by atoms with Crippen LogP contribution in [0.3, 0.4) is 0 Å². The summed E-state index contributed by atoms with van der Waals surface area (Å²) in [5, 5.41) is 0. The first-order chi connectivity index (χ1) is 34.0. The van der Waals surface area contributed by atoms with Crippen LogP contribution < -0.4 is 0 Å². The standard InChI is InChI=1S/C57H62O12/c1-41(58)66-55-52(63-36-45-27-15-6-16-28-45)50(62-35-44-25-13-5-14-26-44)48(39-60-33-42-21-9-3-10-22-42)68-57(55)69-51-49(40-61-34-43-23-11-4-12-24-43)67-56(59-2)54(65-38-47-31-19-8-20-32-47)53(51)64-37-46-29-17-7-18-30-46/h3-32,48-57H,33-40H2,1-2H3/t48?,49?,50-,51+,52+,53+,54?,55?,56+,57+/m1/s1. The van der Waals surface area contributed by atoms with E-state index in [-0.39, 0.29) is 39.6 Å². The molecule has 2 heterocycles. The van der Waals surface area contributed by atoms with Gasteiger partial charge in [0.15, 0.2) is 18.7 Å². The molecule has 2 aliphatic rings. The Hall–Kier alpha value is -5.61. The van der Waals surface area contributed by atoms with Gasteiger partial charge in [0, 0.05) is 14.0 Å². The van der Waals surface area contributed by atoms with Crippen LogP contribution in [0.2, 0.25) is 0 Å². The van der Waals surface area contributed by atoms with E-state index in [1.165, 1.54) is 6.92 Å². The van der Waals surface area contributed by atoms with Gasteiger partial charge in [-0.2, -0.15) is 0 Å². The fourth-order valence-corrected chi connectivity index (χ4v) is 8.52. The van der Waals surface area contributed by atoms with Crippen LogP contribution in [0.4, 0.5) is 0 Å². The minimum atomic E-state index is -1.27. The van der Waals surface area contributed by atoms with Gasteiger partial charge in [0.05, 0.1) is 52.9 Å². The quantitative estimate of drug-likeness (QED) is 0.0539. The Balaban J connectivity index is 1.17. The number of ether oxygens (including phenoxy) is 11. The number of benzene rings is 6. The van der Waals surface area contributed by atoms with Crippen molar-refractivity contribution in [2.45, 2.75) is 108 Å². The average Bonchev–Trinajstić information content (AvgIpc) is 3.39. The Kier molecular flexibility index (Phi) is 19.0. The molecule has 2 aliphatic heterocycles. The zero-order valence-corrected chi connectivity index (χ0v) is 39.1. The molecule has 0 aromatic heterocycles. The molecule has 12 heteroatoms. The summed E-state index contributed by atoms with van der Waals surface area (Å²) in [7, 11) is 1.58. The summed E-state index contributed by atoms with van der Waals surface area (Å²) in [5.74, 6) is -0.561. The van der Waals surface area contributed by atoms with Crippen LogP contribution in [-0.4, -0.2) is 87.7 Å². The Labute approximate surface area is 405 Å². The molecule has 69 heavy (non-hydrogen) atoms. The van der Waals surface area contributed by atoms with Crippen molar-refractivity contribution in [2.24, 2.45) is 0 Å². The lowest BCUT2D eigenvalue weighted by Crippen LogP contribution is -2.66. The minimum Gasteiger partial charge on any atom is -0.454 e. The van der Waals surface area contributed by atoms with Gasteiger partial charge in [0.2, 0.25) is 0 Å². The summed E-state index contributed by atoms with van der Waals surface area (Å²) in [4.78, 5) is 13.3. The average molecular weight is 939 g/mol. The van der Waals surface area contributed by atoms with Crippen molar-refractivity contribution >= 4 is 5.97 Å². The number of esters is 1. The highest BCUT2D eigenvalue weighted by Crippen LogP contribution is 2.36.